The predicted molar refractivity (Wildman–Crippen MR) is 82.6 cm³/mol. The maximum absolute atomic E-state index is 12.1. The fourth-order valence-electron chi connectivity index (χ4n) is 1.89. The summed E-state index contributed by atoms with van der Waals surface area (Å²) in [5, 5.41) is 12.8. The molecular formula is C16H16BrNO2. The number of aliphatic hydroxyl groups excluding tert-OH is 1. The van der Waals surface area contributed by atoms with Crippen molar-refractivity contribution in [2.24, 2.45) is 0 Å². The number of nitrogens with one attached hydrogen (secondary N) is 1. The molecule has 0 spiro atoms. The third-order valence-corrected chi connectivity index (χ3v) is 3.70. The fraction of sp³-hybridized carbons (Fsp3) is 0.188. The quantitative estimate of drug-likeness (QED) is 0.902. The minimum absolute atomic E-state index is 0.184. The molecule has 20 heavy (non-hydrogen) atoms. The molecule has 104 valence electrons. The Morgan fingerprint density at radius 3 is 2.65 bits per heavy atom. The van der Waals surface area contributed by atoms with Gasteiger partial charge in [0.2, 0.25) is 0 Å². The van der Waals surface area contributed by atoms with Crippen LogP contribution >= 0.6 is 15.9 Å². The van der Waals surface area contributed by atoms with Gasteiger partial charge in [0.05, 0.1) is 11.7 Å². The Morgan fingerprint density at radius 1 is 1.25 bits per heavy atom. The summed E-state index contributed by atoms with van der Waals surface area (Å²) in [6.45, 7) is 2.12. The highest BCUT2D eigenvalue weighted by Crippen LogP contribution is 2.18. The molecule has 2 rings (SSSR count). The number of carbonyl (C=O) groups is 1. The molecule has 0 aliphatic carbocycles. The number of benzene rings is 2. The maximum Gasteiger partial charge on any atom is 0.252 e. The lowest BCUT2D eigenvalue weighted by atomic mass is 10.1. The maximum atomic E-state index is 12.1. The molecule has 3 nitrogen and oxygen atoms in total. The van der Waals surface area contributed by atoms with Gasteiger partial charge in [-0.3, -0.25) is 4.79 Å². The Balaban J connectivity index is 2.00. The van der Waals surface area contributed by atoms with Gasteiger partial charge in [0.15, 0.2) is 0 Å². The third-order valence-electron chi connectivity index (χ3n) is 3.01. The van der Waals surface area contributed by atoms with Crippen LogP contribution in [0.5, 0.6) is 0 Å². The molecule has 1 atom stereocenters. The summed E-state index contributed by atoms with van der Waals surface area (Å²) < 4.78 is 0.745. The van der Waals surface area contributed by atoms with E-state index in [0.29, 0.717) is 5.56 Å². The van der Waals surface area contributed by atoms with E-state index in [1.807, 2.05) is 55.5 Å². The second-order valence-electron chi connectivity index (χ2n) is 4.62. The van der Waals surface area contributed by atoms with E-state index in [0.717, 1.165) is 15.6 Å². The van der Waals surface area contributed by atoms with Gasteiger partial charge in [0.25, 0.3) is 5.91 Å². The molecule has 0 aliphatic heterocycles. The number of aliphatic hydroxyl groups is 1. The lowest BCUT2D eigenvalue weighted by molar-refractivity contribution is 0.0915. The van der Waals surface area contributed by atoms with E-state index >= 15 is 0 Å². The number of amides is 1. The molecule has 0 radical (unpaired) electrons. The fourth-order valence-corrected chi connectivity index (χ4v) is 2.32. The van der Waals surface area contributed by atoms with Crippen molar-refractivity contribution in [1.29, 1.82) is 0 Å². The van der Waals surface area contributed by atoms with Crippen LogP contribution in [0.25, 0.3) is 0 Å². The van der Waals surface area contributed by atoms with Gasteiger partial charge in [-0.25, -0.2) is 0 Å². The Hall–Kier alpha value is -1.65. The first-order valence-corrected chi connectivity index (χ1v) is 7.14. The average Bonchev–Trinajstić information content (AvgIpc) is 2.47. The van der Waals surface area contributed by atoms with Gasteiger partial charge in [-0.1, -0.05) is 42.0 Å². The standard InChI is InChI=1S/C16H16BrNO2/c1-11-7-8-14(17)13(9-11)16(20)18-10-15(19)12-5-3-2-4-6-12/h2-9,15,19H,10H2,1H3,(H,18,20). The summed E-state index contributed by atoms with van der Waals surface area (Å²) in [5.74, 6) is -0.199. The van der Waals surface area contributed by atoms with Crippen molar-refractivity contribution in [3.8, 4) is 0 Å². The number of hydrogen-bond acceptors (Lipinski definition) is 2. The van der Waals surface area contributed by atoms with Crippen LogP contribution in [0, 0.1) is 6.92 Å². The number of aryl methyl sites for hydroxylation is 1. The monoisotopic (exact) mass is 333 g/mol. The van der Waals surface area contributed by atoms with E-state index < -0.39 is 6.10 Å². The van der Waals surface area contributed by atoms with Crippen LogP contribution in [0.15, 0.2) is 53.0 Å². The van der Waals surface area contributed by atoms with Gasteiger partial charge in [-0.05, 0) is 40.5 Å². The van der Waals surface area contributed by atoms with Crippen LogP contribution in [-0.4, -0.2) is 17.6 Å². The van der Waals surface area contributed by atoms with Crippen molar-refractivity contribution in [3.05, 3.63) is 69.7 Å². The van der Waals surface area contributed by atoms with Crippen molar-refractivity contribution in [2.75, 3.05) is 6.54 Å². The van der Waals surface area contributed by atoms with E-state index in [1.165, 1.54) is 0 Å². The first kappa shape index (κ1) is 14.8. The van der Waals surface area contributed by atoms with Crippen molar-refractivity contribution in [1.82, 2.24) is 5.32 Å². The number of carbonyl (C=O) groups excluding carboxylic acids is 1. The summed E-state index contributed by atoms with van der Waals surface area (Å²) in [6.07, 6.45) is -0.705. The average molecular weight is 334 g/mol. The van der Waals surface area contributed by atoms with Crippen LogP contribution in [0.3, 0.4) is 0 Å². The molecule has 2 aromatic carbocycles. The molecule has 0 fully saturated rings. The minimum atomic E-state index is -0.705. The molecule has 2 aromatic rings. The molecule has 0 saturated heterocycles. The molecular weight excluding hydrogens is 318 g/mol. The van der Waals surface area contributed by atoms with Crippen molar-refractivity contribution >= 4 is 21.8 Å². The van der Waals surface area contributed by atoms with Crippen LogP contribution in [0.2, 0.25) is 0 Å². The SMILES string of the molecule is Cc1ccc(Br)c(C(=O)NCC(O)c2ccccc2)c1. The van der Waals surface area contributed by atoms with Crippen molar-refractivity contribution in [2.45, 2.75) is 13.0 Å². The van der Waals surface area contributed by atoms with E-state index in [1.54, 1.807) is 0 Å². The number of rotatable bonds is 4. The Kier molecular flexibility index (Phi) is 4.93. The highest BCUT2D eigenvalue weighted by Gasteiger charge is 2.13. The highest BCUT2D eigenvalue weighted by molar-refractivity contribution is 9.10. The molecule has 0 bridgehead atoms. The van der Waals surface area contributed by atoms with Gasteiger partial charge < -0.3 is 10.4 Å². The first-order chi connectivity index (χ1) is 9.58. The van der Waals surface area contributed by atoms with Crippen molar-refractivity contribution in [3.63, 3.8) is 0 Å². The summed E-state index contributed by atoms with van der Waals surface area (Å²) in [6, 6.07) is 14.9. The zero-order chi connectivity index (χ0) is 14.5. The highest BCUT2D eigenvalue weighted by atomic mass is 79.9. The molecule has 4 heteroatoms. The molecule has 2 N–H and O–H groups in total. The van der Waals surface area contributed by atoms with Gasteiger partial charge in [-0.15, -0.1) is 0 Å². The van der Waals surface area contributed by atoms with Crippen LogP contribution in [0.4, 0.5) is 0 Å². The second kappa shape index (κ2) is 6.68. The summed E-state index contributed by atoms with van der Waals surface area (Å²) in [4.78, 5) is 12.1. The van der Waals surface area contributed by atoms with Gasteiger partial charge in [-0.2, -0.15) is 0 Å². The first-order valence-electron chi connectivity index (χ1n) is 6.35. The van der Waals surface area contributed by atoms with E-state index in [-0.39, 0.29) is 12.5 Å². The topological polar surface area (TPSA) is 49.3 Å². The van der Waals surface area contributed by atoms with E-state index in [9.17, 15) is 9.90 Å². The van der Waals surface area contributed by atoms with Gasteiger partial charge >= 0.3 is 0 Å². The van der Waals surface area contributed by atoms with Gasteiger partial charge in [0, 0.05) is 11.0 Å². The molecule has 1 unspecified atom stereocenters. The van der Waals surface area contributed by atoms with Crippen molar-refractivity contribution < 1.29 is 9.90 Å². The van der Waals surface area contributed by atoms with Gasteiger partial charge in [0.1, 0.15) is 0 Å². The van der Waals surface area contributed by atoms with Crippen LogP contribution < -0.4 is 5.32 Å². The number of hydrogen-bond donors (Lipinski definition) is 2. The van der Waals surface area contributed by atoms with E-state index in [2.05, 4.69) is 21.2 Å². The Bertz CT molecular complexity index is 599. The second-order valence-corrected chi connectivity index (χ2v) is 5.47. The molecule has 0 aromatic heterocycles. The number of halogens is 1. The zero-order valence-corrected chi connectivity index (χ0v) is 12.7. The zero-order valence-electron chi connectivity index (χ0n) is 11.1. The smallest absolute Gasteiger partial charge is 0.252 e. The Labute approximate surface area is 126 Å². The minimum Gasteiger partial charge on any atom is -0.387 e. The van der Waals surface area contributed by atoms with Crippen LogP contribution in [-0.2, 0) is 0 Å². The summed E-state index contributed by atoms with van der Waals surface area (Å²) >= 11 is 3.36. The normalized spacial score (nSPS) is 11.9. The lowest BCUT2D eigenvalue weighted by Gasteiger charge is -2.13. The largest absolute Gasteiger partial charge is 0.387 e. The molecule has 0 aliphatic rings. The summed E-state index contributed by atoms with van der Waals surface area (Å²) in [7, 11) is 0. The lowest BCUT2D eigenvalue weighted by Crippen LogP contribution is -2.28. The third kappa shape index (κ3) is 3.68. The predicted octanol–water partition coefficient (Wildman–Crippen LogP) is 3.22. The Morgan fingerprint density at radius 2 is 1.95 bits per heavy atom. The summed E-state index contributed by atoms with van der Waals surface area (Å²) in [5.41, 5.74) is 2.38. The van der Waals surface area contributed by atoms with Crippen LogP contribution in [0.1, 0.15) is 27.6 Å². The molecule has 0 saturated carbocycles. The van der Waals surface area contributed by atoms with E-state index in [4.69, 9.17) is 0 Å². The molecule has 1 amide bonds. The molecule has 0 heterocycles.